The highest BCUT2D eigenvalue weighted by Crippen LogP contribution is 2.33. The third-order valence-corrected chi connectivity index (χ3v) is 4.90. The number of carbonyl (C=O) groups excluding carboxylic acids is 3. The van der Waals surface area contributed by atoms with Crippen molar-refractivity contribution in [3.8, 4) is 0 Å². The molecule has 0 aliphatic rings. The fraction of sp³-hybridized carbons (Fsp3) is 0.375. The van der Waals surface area contributed by atoms with E-state index in [9.17, 15) is 14.4 Å². The molecule has 8 nitrogen and oxygen atoms in total. The summed E-state index contributed by atoms with van der Waals surface area (Å²) in [5, 5.41) is 9.12. The van der Waals surface area contributed by atoms with Crippen molar-refractivity contribution in [2.45, 2.75) is 39.2 Å². The van der Waals surface area contributed by atoms with Gasteiger partial charge >= 0.3 is 12.1 Å². The number of para-hydroxylation sites is 2. The van der Waals surface area contributed by atoms with Crippen LogP contribution in [0.5, 0.6) is 0 Å². The van der Waals surface area contributed by atoms with Gasteiger partial charge in [0.1, 0.15) is 5.60 Å². The number of hydrogen-bond donors (Lipinski definition) is 3. The Morgan fingerprint density at radius 2 is 1.62 bits per heavy atom. The second kappa shape index (κ2) is 13.1. The normalized spacial score (nSPS) is 10.9. The van der Waals surface area contributed by atoms with E-state index < -0.39 is 17.7 Å². The van der Waals surface area contributed by atoms with E-state index in [4.69, 9.17) is 32.7 Å². The lowest BCUT2D eigenvalue weighted by molar-refractivity contribution is -0.142. The molecule has 184 valence electrons. The molecule has 0 aromatic heterocycles. The molecule has 34 heavy (non-hydrogen) atoms. The molecule has 0 radical (unpaired) electrons. The highest BCUT2D eigenvalue weighted by molar-refractivity contribution is 6.39. The zero-order chi connectivity index (χ0) is 25.1. The van der Waals surface area contributed by atoms with Crippen LogP contribution in [-0.4, -0.2) is 43.3 Å². The van der Waals surface area contributed by atoms with Gasteiger partial charge in [-0.15, -0.1) is 0 Å². The number of hydrogen-bond acceptors (Lipinski definition) is 6. The molecule has 3 N–H and O–H groups in total. The number of amides is 2. The summed E-state index contributed by atoms with van der Waals surface area (Å²) in [5.41, 5.74) is 1.34. The monoisotopic (exact) mass is 509 g/mol. The van der Waals surface area contributed by atoms with Crippen LogP contribution in [0, 0.1) is 0 Å². The molecule has 0 spiro atoms. The first-order valence-corrected chi connectivity index (χ1v) is 11.5. The zero-order valence-corrected chi connectivity index (χ0v) is 20.9. The molecule has 0 heterocycles. The molecule has 0 fully saturated rings. The van der Waals surface area contributed by atoms with Crippen molar-refractivity contribution >= 4 is 52.5 Å². The molecule has 0 bridgehead atoms. The molecular weight excluding hydrogens is 481 g/mol. The number of esters is 1. The van der Waals surface area contributed by atoms with Crippen molar-refractivity contribution in [2.24, 2.45) is 0 Å². The Hall–Kier alpha value is -2.97. The summed E-state index contributed by atoms with van der Waals surface area (Å²) < 4.78 is 10.3. The summed E-state index contributed by atoms with van der Waals surface area (Å²) in [4.78, 5) is 35.6. The predicted molar refractivity (Wildman–Crippen MR) is 133 cm³/mol. The summed E-state index contributed by atoms with van der Waals surface area (Å²) in [6, 6.07) is 12.5. The van der Waals surface area contributed by atoms with E-state index >= 15 is 0 Å². The van der Waals surface area contributed by atoms with Gasteiger partial charge in [-0.2, -0.15) is 0 Å². The Balaban J connectivity index is 1.72. The van der Waals surface area contributed by atoms with Crippen molar-refractivity contribution in [3.63, 3.8) is 0 Å². The fourth-order valence-corrected chi connectivity index (χ4v) is 3.26. The van der Waals surface area contributed by atoms with E-state index in [0.29, 0.717) is 34.4 Å². The quantitative estimate of drug-likeness (QED) is 0.312. The van der Waals surface area contributed by atoms with Gasteiger partial charge in [0.15, 0.2) is 0 Å². The molecule has 2 aromatic carbocycles. The Morgan fingerprint density at radius 3 is 2.29 bits per heavy atom. The Kier molecular flexibility index (Phi) is 10.5. The first-order chi connectivity index (χ1) is 16.0. The number of rotatable bonds is 10. The summed E-state index contributed by atoms with van der Waals surface area (Å²) in [6.45, 7) is 5.44. The van der Waals surface area contributed by atoms with E-state index in [1.807, 2.05) is 24.3 Å². The summed E-state index contributed by atoms with van der Waals surface area (Å²) in [6.07, 6.45) is -0.181. The predicted octanol–water partition coefficient (Wildman–Crippen LogP) is 4.85. The maximum Gasteiger partial charge on any atom is 0.408 e. The van der Waals surface area contributed by atoms with Gasteiger partial charge in [0.05, 0.1) is 35.3 Å². The van der Waals surface area contributed by atoms with Crippen molar-refractivity contribution in [3.05, 3.63) is 58.1 Å². The third kappa shape index (κ3) is 9.89. The minimum absolute atomic E-state index is 0.0530. The minimum atomic E-state index is -0.664. The van der Waals surface area contributed by atoms with Gasteiger partial charge in [0.2, 0.25) is 5.91 Å². The Morgan fingerprint density at radius 1 is 0.941 bits per heavy atom. The van der Waals surface area contributed by atoms with Crippen LogP contribution in [-0.2, 0) is 25.5 Å². The van der Waals surface area contributed by atoms with Crippen LogP contribution in [0.4, 0.5) is 16.2 Å². The molecule has 2 aromatic rings. The summed E-state index contributed by atoms with van der Waals surface area (Å²) in [5.74, 6) is -0.771. The maximum atomic E-state index is 12.3. The molecular formula is C24H29Cl2N3O5. The van der Waals surface area contributed by atoms with E-state index in [-0.39, 0.29) is 25.5 Å². The lowest BCUT2D eigenvalue weighted by Gasteiger charge is -2.19. The number of nitrogens with one attached hydrogen (secondary N) is 3. The van der Waals surface area contributed by atoms with Crippen LogP contribution in [0.1, 0.15) is 32.8 Å². The van der Waals surface area contributed by atoms with Crippen molar-refractivity contribution in [1.82, 2.24) is 10.6 Å². The largest absolute Gasteiger partial charge is 0.465 e. The Bertz CT molecular complexity index is 988. The number of carbonyl (C=O) groups is 3. The van der Waals surface area contributed by atoms with Gasteiger partial charge in [0, 0.05) is 12.2 Å². The molecule has 10 heteroatoms. The average molecular weight is 510 g/mol. The molecule has 0 saturated carbocycles. The molecule has 2 rings (SSSR count). The SMILES string of the molecule is CC(C)(C)OC(=O)NCC(=O)NCCCOC(=O)Cc1ccccc1Nc1c(Cl)cccc1Cl. The molecule has 0 saturated heterocycles. The molecule has 0 aliphatic carbocycles. The van der Waals surface area contributed by atoms with Crippen LogP contribution in [0.25, 0.3) is 0 Å². The number of benzene rings is 2. The van der Waals surface area contributed by atoms with Gasteiger partial charge in [-0.25, -0.2) is 4.79 Å². The number of anilines is 2. The smallest absolute Gasteiger partial charge is 0.408 e. The standard InChI is InChI=1S/C24H29Cl2N3O5/c1-24(2,3)34-23(32)28-15-20(30)27-12-7-13-33-21(31)14-16-8-4-5-11-19(16)29-22-17(25)9-6-10-18(22)26/h4-6,8-11,29H,7,12-15H2,1-3H3,(H,27,30)(H,28,32). The third-order valence-electron chi connectivity index (χ3n) is 4.27. The number of alkyl carbamates (subject to hydrolysis) is 1. The minimum Gasteiger partial charge on any atom is -0.465 e. The van der Waals surface area contributed by atoms with E-state index in [2.05, 4.69) is 16.0 Å². The average Bonchev–Trinajstić information content (AvgIpc) is 2.74. The fourth-order valence-electron chi connectivity index (χ4n) is 2.77. The van der Waals surface area contributed by atoms with Crippen molar-refractivity contribution < 1.29 is 23.9 Å². The van der Waals surface area contributed by atoms with E-state index in [0.717, 1.165) is 5.56 Å². The van der Waals surface area contributed by atoms with Gasteiger partial charge < -0.3 is 25.4 Å². The van der Waals surface area contributed by atoms with E-state index in [1.54, 1.807) is 39.0 Å². The second-order valence-corrected chi connectivity index (χ2v) is 9.15. The lowest BCUT2D eigenvalue weighted by atomic mass is 10.1. The second-order valence-electron chi connectivity index (χ2n) is 8.34. The maximum absolute atomic E-state index is 12.3. The van der Waals surface area contributed by atoms with Gasteiger partial charge in [0.25, 0.3) is 0 Å². The number of halogens is 2. The summed E-state index contributed by atoms with van der Waals surface area (Å²) in [7, 11) is 0. The molecule has 0 atom stereocenters. The molecule has 0 aliphatic heterocycles. The first-order valence-electron chi connectivity index (χ1n) is 10.7. The number of ether oxygens (including phenoxy) is 2. The van der Waals surface area contributed by atoms with Gasteiger partial charge in [-0.05, 0) is 51.0 Å². The molecule has 0 unspecified atom stereocenters. The van der Waals surface area contributed by atoms with Gasteiger partial charge in [-0.1, -0.05) is 47.5 Å². The van der Waals surface area contributed by atoms with Crippen LogP contribution in [0.3, 0.4) is 0 Å². The zero-order valence-electron chi connectivity index (χ0n) is 19.4. The van der Waals surface area contributed by atoms with Gasteiger partial charge in [-0.3, -0.25) is 9.59 Å². The molecule has 2 amide bonds. The highest BCUT2D eigenvalue weighted by Gasteiger charge is 2.16. The van der Waals surface area contributed by atoms with Crippen LogP contribution in [0.2, 0.25) is 10.0 Å². The Labute approximate surface area is 209 Å². The van der Waals surface area contributed by atoms with Crippen molar-refractivity contribution in [2.75, 3.05) is 25.0 Å². The first kappa shape index (κ1) is 27.3. The summed E-state index contributed by atoms with van der Waals surface area (Å²) >= 11 is 12.4. The topological polar surface area (TPSA) is 106 Å². The van der Waals surface area contributed by atoms with Crippen LogP contribution < -0.4 is 16.0 Å². The van der Waals surface area contributed by atoms with E-state index in [1.165, 1.54) is 0 Å². The highest BCUT2D eigenvalue weighted by atomic mass is 35.5. The van der Waals surface area contributed by atoms with Crippen molar-refractivity contribution in [1.29, 1.82) is 0 Å². The lowest BCUT2D eigenvalue weighted by Crippen LogP contribution is -2.40. The van der Waals surface area contributed by atoms with Crippen LogP contribution >= 0.6 is 23.2 Å². The van der Waals surface area contributed by atoms with Crippen LogP contribution in [0.15, 0.2) is 42.5 Å².